The first-order valence-corrected chi connectivity index (χ1v) is 6.13. The maximum Gasteiger partial charge on any atom is 0.416 e. The smallest absolute Gasteiger partial charge is 0.294 e. The van der Waals surface area contributed by atoms with Crippen molar-refractivity contribution < 1.29 is 35.5 Å². The summed E-state index contributed by atoms with van der Waals surface area (Å²) in [5.74, 6) is -7.76. The number of hydrogen-bond donors (Lipinski definition) is 0. The largest absolute Gasteiger partial charge is 0.416 e. The average Bonchev–Trinajstić information content (AvgIpc) is 2.48. The molecule has 0 bridgehead atoms. The van der Waals surface area contributed by atoms with E-state index in [0.29, 0.717) is 12.1 Å². The molecule has 0 radical (unpaired) electrons. The van der Waals surface area contributed by atoms with Crippen LogP contribution in [0.25, 0.3) is 0 Å². The Bertz CT molecular complexity index is 722. The van der Waals surface area contributed by atoms with Crippen molar-refractivity contribution in [3.8, 4) is 0 Å². The summed E-state index contributed by atoms with van der Waals surface area (Å²) in [6.45, 7) is 0. The van der Waals surface area contributed by atoms with Gasteiger partial charge in [0.25, 0.3) is 0 Å². The Morgan fingerprint density at radius 3 is 1.78 bits per heavy atom. The van der Waals surface area contributed by atoms with Crippen LogP contribution < -0.4 is 0 Å². The van der Waals surface area contributed by atoms with Gasteiger partial charge in [0.05, 0.1) is 5.56 Å². The summed E-state index contributed by atoms with van der Waals surface area (Å²) in [7, 11) is 0. The Labute approximate surface area is 125 Å². The molecule has 0 saturated carbocycles. The zero-order chi connectivity index (χ0) is 17.4. The zero-order valence-corrected chi connectivity index (χ0v) is 11.1. The van der Waals surface area contributed by atoms with Gasteiger partial charge in [-0.1, -0.05) is 12.1 Å². The van der Waals surface area contributed by atoms with Gasteiger partial charge in [-0.05, 0) is 12.1 Å². The van der Waals surface area contributed by atoms with E-state index in [1.807, 2.05) is 0 Å². The van der Waals surface area contributed by atoms with Gasteiger partial charge in [0.1, 0.15) is 0 Å². The van der Waals surface area contributed by atoms with Gasteiger partial charge in [0.2, 0.25) is 0 Å². The third-order valence-corrected chi connectivity index (χ3v) is 3.07. The molecule has 2 aromatic carbocycles. The lowest BCUT2D eigenvalue weighted by atomic mass is 10.0. The van der Waals surface area contributed by atoms with E-state index in [1.165, 1.54) is 0 Å². The predicted molar refractivity (Wildman–Crippen MR) is 65.8 cm³/mol. The second kappa shape index (κ2) is 6.02. The summed E-state index contributed by atoms with van der Waals surface area (Å²) in [6.07, 6.45) is -5.64. The van der Waals surface area contributed by atoms with Gasteiger partial charge in [-0.15, -0.1) is 0 Å². The number of alkyl halides is 3. The highest BCUT2D eigenvalue weighted by molar-refractivity contribution is 5.97. The summed E-state index contributed by atoms with van der Waals surface area (Å²) in [6, 6.07) is 2.86. The summed E-state index contributed by atoms with van der Waals surface area (Å²) >= 11 is 0. The SMILES string of the molecule is O=C(Cc1c(F)c(F)cc(F)c1F)c1ccc(C(F)(F)F)cc1. The van der Waals surface area contributed by atoms with Crippen molar-refractivity contribution in [3.63, 3.8) is 0 Å². The molecule has 23 heavy (non-hydrogen) atoms. The molecule has 2 rings (SSSR count). The van der Waals surface area contributed by atoms with Gasteiger partial charge in [0.15, 0.2) is 29.1 Å². The molecule has 2 aromatic rings. The van der Waals surface area contributed by atoms with Gasteiger partial charge < -0.3 is 0 Å². The van der Waals surface area contributed by atoms with Gasteiger partial charge >= 0.3 is 6.18 Å². The number of hydrogen-bond acceptors (Lipinski definition) is 1. The fraction of sp³-hybridized carbons (Fsp3) is 0.133. The maximum absolute atomic E-state index is 13.5. The lowest BCUT2D eigenvalue weighted by molar-refractivity contribution is -0.137. The minimum absolute atomic E-state index is 0.00321. The highest BCUT2D eigenvalue weighted by Gasteiger charge is 2.30. The fourth-order valence-corrected chi connectivity index (χ4v) is 1.89. The Hall–Kier alpha value is -2.38. The first-order chi connectivity index (χ1) is 10.6. The molecule has 0 aliphatic rings. The molecule has 0 spiro atoms. The van der Waals surface area contributed by atoms with Crippen molar-refractivity contribution in [2.75, 3.05) is 0 Å². The van der Waals surface area contributed by atoms with E-state index >= 15 is 0 Å². The Morgan fingerprint density at radius 2 is 1.35 bits per heavy atom. The van der Waals surface area contributed by atoms with E-state index in [0.717, 1.165) is 12.1 Å². The van der Waals surface area contributed by atoms with Gasteiger partial charge in [-0.3, -0.25) is 4.79 Å². The summed E-state index contributed by atoms with van der Waals surface area (Å²) in [5, 5.41) is 0. The number of halogens is 7. The number of rotatable bonds is 3. The maximum atomic E-state index is 13.5. The van der Waals surface area contributed by atoms with E-state index < -0.39 is 52.8 Å². The number of carbonyl (C=O) groups excluding carboxylic acids is 1. The van der Waals surface area contributed by atoms with E-state index in [-0.39, 0.29) is 11.6 Å². The first kappa shape index (κ1) is 17.0. The first-order valence-electron chi connectivity index (χ1n) is 6.13. The van der Waals surface area contributed by atoms with Crippen molar-refractivity contribution in [1.82, 2.24) is 0 Å². The molecule has 0 saturated heterocycles. The van der Waals surface area contributed by atoms with Crippen LogP contribution in [0.1, 0.15) is 21.5 Å². The molecule has 0 atom stereocenters. The standard InChI is InChI=1S/C15H7F7O/c16-10-6-11(17)14(19)9(13(10)18)5-12(23)7-1-3-8(4-2-7)15(20,21)22/h1-4,6H,5H2. The zero-order valence-electron chi connectivity index (χ0n) is 11.1. The number of benzene rings is 2. The molecule has 0 unspecified atom stereocenters. The quantitative estimate of drug-likeness (QED) is 0.452. The normalized spacial score (nSPS) is 11.6. The second-order valence-corrected chi connectivity index (χ2v) is 4.62. The monoisotopic (exact) mass is 336 g/mol. The molecule has 0 aromatic heterocycles. The summed E-state index contributed by atoms with van der Waals surface area (Å²) in [4.78, 5) is 11.8. The molecule has 0 aliphatic carbocycles. The molecule has 0 fully saturated rings. The van der Waals surface area contributed by atoms with Gasteiger partial charge in [-0.2, -0.15) is 13.2 Å². The van der Waals surface area contributed by atoms with Crippen LogP contribution in [0.4, 0.5) is 30.7 Å². The van der Waals surface area contributed by atoms with Crippen LogP contribution in [-0.4, -0.2) is 5.78 Å². The third kappa shape index (κ3) is 3.52. The average molecular weight is 336 g/mol. The van der Waals surface area contributed by atoms with Crippen molar-refractivity contribution in [2.24, 2.45) is 0 Å². The molecule has 0 aliphatic heterocycles. The van der Waals surface area contributed by atoms with Crippen molar-refractivity contribution >= 4 is 5.78 Å². The van der Waals surface area contributed by atoms with E-state index in [9.17, 15) is 35.5 Å². The Morgan fingerprint density at radius 1 is 0.870 bits per heavy atom. The van der Waals surface area contributed by atoms with Crippen LogP contribution in [-0.2, 0) is 12.6 Å². The molecule has 0 N–H and O–H groups in total. The lowest BCUT2D eigenvalue weighted by Crippen LogP contribution is -2.11. The van der Waals surface area contributed by atoms with Crippen molar-refractivity contribution in [3.05, 3.63) is 70.3 Å². The van der Waals surface area contributed by atoms with E-state index in [1.54, 1.807) is 0 Å². The van der Waals surface area contributed by atoms with Gasteiger partial charge in [-0.25, -0.2) is 17.6 Å². The van der Waals surface area contributed by atoms with Crippen LogP contribution in [0, 0.1) is 23.3 Å². The van der Waals surface area contributed by atoms with Crippen molar-refractivity contribution in [2.45, 2.75) is 12.6 Å². The lowest BCUT2D eigenvalue weighted by Gasteiger charge is -2.08. The van der Waals surface area contributed by atoms with Crippen LogP contribution in [0.2, 0.25) is 0 Å². The molecule has 8 heteroatoms. The predicted octanol–water partition coefficient (Wildman–Crippen LogP) is 4.69. The summed E-state index contributed by atoms with van der Waals surface area (Å²) < 4.78 is 90.2. The Kier molecular flexibility index (Phi) is 4.44. The van der Waals surface area contributed by atoms with Crippen LogP contribution in [0.5, 0.6) is 0 Å². The van der Waals surface area contributed by atoms with Crippen LogP contribution >= 0.6 is 0 Å². The fourth-order valence-electron chi connectivity index (χ4n) is 1.89. The topological polar surface area (TPSA) is 17.1 Å². The number of carbonyl (C=O) groups is 1. The minimum atomic E-state index is -4.61. The minimum Gasteiger partial charge on any atom is -0.294 e. The number of ketones is 1. The summed E-state index contributed by atoms with van der Waals surface area (Å²) in [5.41, 5.74) is -2.41. The van der Waals surface area contributed by atoms with Crippen LogP contribution in [0.15, 0.2) is 30.3 Å². The Balaban J connectivity index is 2.30. The van der Waals surface area contributed by atoms with E-state index in [4.69, 9.17) is 0 Å². The molecule has 1 nitrogen and oxygen atoms in total. The third-order valence-electron chi connectivity index (χ3n) is 3.07. The highest BCUT2D eigenvalue weighted by atomic mass is 19.4. The van der Waals surface area contributed by atoms with E-state index in [2.05, 4.69) is 0 Å². The van der Waals surface area contributed by atoms with Crippen LogP contribution in [0.3, 0.4) is 0 Å². The molecular weight excluding hydrogens is 329 g/mol. The number of Topliss-reactive ketones (excluding diaryl/α,β-unsaturated/α-hetero) is 1. The van der Waals surface area contributed by atoms with Gasteiger partial charge in [0, 0.05) is 23.6 Å². The highest BCUT2D eigenvalue weighted by Crippen LogP contribution is 2.29. The molecule has 0 amide bonds. The van der Waals surface area contributed by atoms with Crippen molar-refractivity contribution in [1.29, 1.82) is 0 Å². The molecule has 122 valence electrons. The molecular formula is C15H7F7O. The second-order valence-electron chi connectivity index (χ2n) is 4.62. The molecule has 0 heterocycles.